The normalized spacial score (nSPS) is 10.5. The molecule has 60 valence electrons. The maximum absolute atomic E-state index is 8.82. The summed E-state index contributed by atoms with van der Waals surface area (Å²) in [5.41, 5.74) is 0. The van der Waals surface area contributed by atoms with Crippen molar-refractivity contribution in [1.82, 2.24) is 15.0 Å². The Balaban J connectivity index is 2.66. The van der Waals surface area contributed by atoms with Gasteiger partial charge in [-0.2, -0.15) is 5.06 Å². The van der Waals surface area contributed by atoms with Crippen molar-refractivity contribution < 1.29 is 5.21 Å². The summed E-state index contributed by atoms with van der Waals surface area (Å²) >= 11 is 3.21. The molecule has 5 heteroatoms. The van der Waals surface area contributed by atoms with Crippen LogP contribution in [0.3, 0.4) is 0 Å². The predicted molar refractivity (Wildman–Crippen MR) is 43.0 cm³/mol. The second kappa shape index (κ2) is 3.75. The number of rotatable bonds is 2. The van der Waals surface area contributed by atoms with E-state index >= 15 is 0 Å². The number of nitrogens with zero attached hydrogens (tertiary/aromatic N) is 3. The highest BCUT2D eigenvalue weighted by molar-refractivity contribution is 9.10. The summed E-state index contributed by atoms with van der Waals surface area (Å²) < 4.78 is 0.835. The molecule has 0 aliphatic heterocycles. The molecule has 0 aliphatic rings. The van der Waals surface area contributed by atoms with E-state index in [0.717, 1.165) is 9.54 Å². The molecule has 0 aromatic carbocycles. The van der Waals surface area contributed by atoms with Crippen molar-refractivity contribution in [2.24, 2.45) is 0 Å². The van der Waals surface area contributed by atoms with Crippen LogP contribution in [0.1, 0.15) is 5.82 Å². The molecule has 0 aliphatic carbocycles. The van der Waals surface area contributed by atoms with E-state index in [2.05, 4.69) is 25.9 Å². The minimum absolute atomic E-state index is 0.341. The second-order valence-electron chi connectivity index (χ2n) is 2.13. The van der Waals surface area contributed by atoms with Crippen LogP contribution >= 0.6 is 15.9 Å². The average Bonchev–Trinajstić information content (AvgIpc) is 1.93. The van der Waals surface area contributed by atoms with E-state index in [-0.39, 0.29) is 0 Å². The van der Waals surface area contributed by atoms with Crippen molar-refractivity contribution in [3.63, 3.8) is 0 Å². The van der Waals surface area contributed by atoms with Gasteiger partial charge in [-0.05, 0) is 15.9 Å². The van der Waals surface area contributed by atoms with Gasteiger partial charge in [0.2, 0.25) is 0 Å². The van der Waals surface area contributed by atoms with Crippen molar-refractivity contribution in [2.75, 3.05) is 7.05 Å². The standard InChI is InChI=1S/C6H8BrN3O/c1-10(11)4-6-8-2-5(7)3-9-6/h2-3,11H,4H2,1H3. The fourth-order valence-electron chi connectivity index (χ4n) is 0.625. The molecular formula is C6H8BrN3O. The van der Waals surface area contributed by atoms with E-state index in [1.54, 1.807) is 19.4 Å². The van der Waals surface area contributed by atoms with E-state index < -0.39 is 0 Å². The number of hydrogen-bond acceptors (Lipinski definition) is 4. The third-order valence-corrected chi connectivity index (χ3v) is 1.45. The number of aromatic nitrogens is 2. The zero-order chi connectivity index (χ0) is 8.27. The summed E-state index contributed by atoms with van der Waals surface area (Å²) in [5, 5.41) is 9.85. The molecule has 1 aromatic rings. The summed E-state index contributed by atoms with van der Waals surface area (Å²) in [4.78, 5) is 7.92. The monoisotopic (exact) mass is 217 g/mol. The van der Waals surface area contributed by atoms with Crippen LogP contribution in [0, 0.1) is 0 Å². The quantitative estimate of drug-likeness (QED) is 0.754. The van der Waals surface area contributed by atoms with Gasteiger partial charge in [0.1, 0.15) is 5.82 Å². The van der Waals surface area contributed by atoms with E-state index in [0.29, 0.717) is 12.4 Å². The predicted octanol–water partition coefficient (Wildman–Crippen LogP) is 1.06. The van der Waals surface area contributed by atoms with E-state index in [1.165, 1.54) is 0 Å². The third-order valence-electron chi connectivity index (χ3n) is 1.04. The lowest BCUT2D eigenvalue weighted by atomic mass is 10.5. The number of hydrogen-bond donors (Lipinski definition) is 1. The van der Waals surface area contributed by atoms with Crippen LogP contribution in [0.4, 0.5) is 0 Å². The molecule has 1 N–H and O–H groups in total. The molecule has 0 amide bonds. The zero-order valence-electron chi connectivity index (χ0n) is 6.03. The van der Waals surface area contributed by atoms with Gasteiger partial charge < -0.3 is 5.21 Å². The first-order chi connectivity index (χ1) is 5.18. The molecule has 0 radical (unpaired) electrons. The number of halogens is 1. The summed E-state index contributed by atoms with van der Waals surface area (Å²) in [6, 6.07) is 0. The topological polar surface area (TPSA) is 49.2 Å². The fraction of sp³-hybridized carbons (Fsp3) is 0.333. The van der Waals surface area contributed by atoms with Crippen LogP contribution < -0.4 is 0 Å². The molecule has 0 bridgehead atoms. The Morgan fingerprint density at radius 1 is 1.55 bits per heavy atom. The first-order valence-electron chi connectivity index (χ1n) is 3.05. The highest BCUT2D eigenvalue weighted by Crippen LogP contribution is 2.04. The second-order valence-corrected chi connectivity index (χ2v) is 3.05. The molecule has 4 nitrogen and oxygen atoms in total. The van der Waals surface area contributed by atoms with Crippen molar-refractivity contribution in [1.29, 1.82) is 0 Å². The maximum atomic E-state index is 8.82. The van der Waals surface area contributed by atoms with Gasteiger partial charge in [0.15, 0.2) is 0 Å². The lowest BCUT2D eigenvalue weighted by Gasteiger charge is -2.04. The van der Waals surface area contributed by atoms with Crippen LogP contribution in [-0.2, 0) is 6.54 Å². The van der Waals surface area contributed by atoms with Crippen LogP contribution in [0.2, 0.25) is 0 Å². The van der Waals surface area contributed by atoms with Crippen molar-refractivity contribution in [3.05, 3.63) is 22.7 Å². The first-order valence-corrected chi connectivity index (χ1v) is 3.84. The SMILES string of the molecule is CN(O)Cc1ncc(Br)cn1. The van der Waals surface area contributed by atoms with Crippen molar-refractivity contribution >= 4 is 15.9 Å². The molecule has 1 heterocycles. The van der Waals surface area contributed by atoms with E-state index in [9.17, 15) is 0 Å². The lowest BCUT2D eigenvalue weighted by molar-refractivity contribution is -0.0750. The lowest BCUT2D eigenvalue weighted by Crippen LogP contribution is -2.13. The Morgan fingerprint density at radius 3 is 2.55 bits per heavy atom. The highest BCUT2D eigenvalue weighted by Gasteiger charge is 1.97. The third kappa shape index (κ3) is 2.92. The highest BCUT2D eigenvalue weighted by atomic mass is 79.9. The minimum atomic E-state index is 0.341. The van der Waals surface area contributed by atoms with Crippen LogP contribution in [-0.4, -0.2) is 27.3 Å². The van der Waals surface area contributed by atoms with E-state index in [4.69, 9.17) is 5.21 Å². The minimum Gasteiger partial charge on any atom is -0.314 e. The van der Waals surface area contributed by atoms with Gasteiger partial charge >= 0.3 is 0 Å². The van der Waals surface area contributed by atoms with E-state index in [1.807, 2.05) is 0 Å². The van der Waals surface area contributed by atoms with Crippen molar-refractivity contribution in [2.45, 2.75) is 6.54 Å². The van der Waals surface area contributed by atoms with Gasteiger partial charge in [-0.25, -0.2) is 9.97 Å². The smallest absolute Gasteiger partial charge is 0.144 e. The van der Waals surface area contributed by atoms with Gasteiger partial charge in [-0.15, -0.1) is 0 Å². The molecule has 11 heavy (non-hydrogen) atoms. The maximum Gasteiger partial charge on any atom is 0.144 e. The Hall–Kier alpha value is -0.520. The van der Waals surface area contributed by atoms with Gasteiger partial charge in [-0.3, -0.25) is 0 Å². The molecule has 0 unspecified atom stereocenters. The molecule has 1 aromatic heterocycles. The summed E-state index contributed by atoms with van der Waals surface area (Å²) in [5.74, 6) is 0.596. The Kier molecular flexibility index (Phi) is 2.92. The van der Waals surface area contributed by atoms with Crippen molar-refractivity contribution in [3.8, 4) is 0 Å². The fourth-order valence-corrected chi connectivity index (χ4v) is 0.830. The summed E-state index contributed by atoms with van der Waals surface area (Å²) in [7, 11) is 1.55. The van der Waals surface area contributed by atoms with Crippen LogP contribution in [0.25, 0.3) is 0 Å². The Bertz CT molecular complexity index is 224. The van der Waals surface area contributed by atoms with Crippen LogP contribution in [0.5, 0.6) is 0 Å². The van der Waals surface area contributed by atoms with Gasteiger partial charge in [0, 0.05) is 19.4 Å². The first kappa shape index (κ1) is 8.58. The average molecular weight is 218 g/mol. The largest absolute Gasteiger partial charge is 0.314 e. The Labute approximate surface area is 73.0 Å². The molecule has 0 spiro atoms. The van der Waals surface area contributed by atoms with Gasteiger partial charge in [0.05, 0.1) is 11.0 Å². The van der Waals surface area contributed by atoms with Gasteiger partial charge in [-0.1, -0.05) is 0 Å². The molecule has 1 rings (SSSR count). The number of hydroxylamine groups is 2. The van der Waals surface area contributed by atoms with Crippen LogP contribution in [0.15, 0.2) is 16.9 Å². The summed E-state index contributed by atoms with van der Waals surface area (Å²) in [6.07, 6.45) is 3.29. The molecule has 0 saturated carbocycles. The Morgan fingerprint density at radius 2 is 2.09 bits per heavy atom. The molecule has 0 atom stereocenters. The molecule has 0 saturated heterocycles. The van der Waals surface area contributed by atoms with Gasteiger partial charge in [0.25, 0.3) is 0 Å². The summed E-state index contributed by atoms with van der Waals surface area (Å²) in [6.45, 7) is 0.341. The molecule has 0 fully saturated rings. The molecular weight excluding hydrogens is 210 g/mol. The zero-order valence-corrected chi connectivity index (χ0v) is 7.61.